The summed E-state index contributed by atoms with van der Waals surface area (Å²) >= 11 is 5.82. The van der Waals surface area contributed by atoms with Crippen molar-refractivity contribution < 1.29 is 13.9 Å². The van der Waals surface area contributed by atoms with Crippen molar-refractivity contribution >= 4 is 29.4 Å². The number of amides is 1. The van der Waals surface area contributed by atoms with Crippen LogP contribution in [-0.2, 0) is 4.79 Å². The lowest BCUT2D eigenvalue weighted by Gasteiger charge is -2.47. The van der Waals surface area contributed by atoms with Crippen molar-refractivity contribution in [3.8, 4) is 5.75 Å². The summed E-state index contributed by atoms with van der Waals surface area (Å²) in [6.45, 7) is 9.38. The topological polar surface area (TPSA) is 53.9 Å². The Kier molecular flexibility index (Phi) is 7.21. The van der Waals surface area contributed by atoms with E-state index in [0.29, 0.717) is 22.3 Å². The Morgan fingerprint density at radius 3 is 2.74 bits per heavy atom. The van der Waals surface area contributed by atoms with E-state index in [-0.39, 0.29) is 18.0 Å². The maximum Gasteiger partial charge on any atom is 0.277 e. The molecule has 1 atom stereocenters. The van der Waals surface area contributed by atoms with Crippen LogP contribution in [0.5, 0.6) is 5.75 Å². The number of ether oxygens (including phenoxy) is 1. The average molecular weight is 446 g/mol. The minimum Gasteiger partial charge on any atom is -0.484 e. The molecule has 1 aliphatic rings. The summed E-state index contributed by atoms with van der Waals surface area (Å²) in [5, 5.41) is 4.49. The zero-order chi connectivity index (χ0) is 22.6. The number of nitrogens with one attached hydrogen (secondary N) is 1. The molecule has 0 saturated heterocycles. The fraction of sp³-hybridized carbons (Fsp3) is 0.417. The predicted molar refractivity (Wildman–Crippen MR) is 124 cm³/mol. The van der Waals surface area contributed by atoms with Gasteiger partial charge in [-0.2, -0.15) is 5.10 Å². The highest BCUT2D eigenvalue weighted by atomic mass is 35.5. The van der Waals surface area contributed by atoms with Crippen molar-refractivity contribution in [1.82, 2.24) is 5.43 Å². The monoisotopic (exact) mass is 445 g/mol. The van der Waals surface area contributed by atoms with E-state index in [2.05, 4.69) is 43.1 Å². The minimum absolute atomic E-state index is 0.0253. The predicted octanol–water partition coefficient (Wildman–Crippen LogP) is 5.51. The maximum absolute atomic E-state index is 14.8. The molecular weight excluding hydrogens is 417 g/mol. The van der Waals surface area contributed by atoms with E-state index in [9.17, 15) is 9.18 Å². The maximum atomic E-state index is 14.8. The van der Waals surface area contributed by atoms with Crippen LogP contribution in [0.1, 0.15) is 57.6 Å². The molecule has 1 aliphatic heterocycles. The average Bonchev–Trinajstić information content (AvgIpc) is 2.71. The molecule has 0 spiro atoms. The first-order chi connectivity index (χ1) is 14.7. The van der Waals surface area contributed by atoms with Gasteiger partial charge in [0.1, 0.15) is 11.6 Å². The van der Waals surface area contributed by atoms with E-state index in [1.807, 2.05) is 6.07 Å². The lowest BCUT2D eigenvalue weighted by Crippen LogP contribution is -2.48. The molecule has 1 amide bonds. The van der Waals surface area contributed by atoms with Gasteiger partial charge in [0.05, 0.1) is 6.21 Å². The van der Waals surface area contributed by atoms with Crippen molar-refractivity contribution in [2.45, 2.75) is 52.0 Å². The van der Waals surface area contributed by atoms with Gasteiger partial charge in [-0.25, -0.2) is 9.82 Å². The van der Waals surface area contributed by atoms with Crippen molar-refractivity contribution in [1.29, 1.82) is 0 Å². The van der Waals surface area contributed by atoms with Crippen LogP contribution in [-0.4, -0.2) is 30.8 Å². The van der Waals surface area contributed by atoms with Gasteiger partial charge in [0.2, 0.25) is 0 Å². The zero-order valence-electron chi connectivity index (χ0n) is 18.4. The van der Waals surface area contributed by atoms with Gasteiger partial charge in [-0.1, -0.05) is 25.4 Å². The highest BCUT2D eigenvalue weighted by molar-refractivity contribution is 6.30. The molecule has 0 fully saturated rings. The lowest BCUT2D eigenvalue weighted by atomic mass is 9.79. The first kappa shape index (κ1) is 23.1. The van der Waals surface area contributed by atoms with Gasteiger partial charge < -0.3 is 9.64 Å². The van der Waals surface area contributed by atoms with E-state index in [4.69, 9.17) is 16.3 Å². The molecule has 0 aliphatic carbocycles. The fourth-order valence-electron chi connectivity index (χ4n) is 4.15. The van der Waals surface area contributed by atoms with Crippen molar-refractivity contribution in [3.05, 3.63) is 58.4 Å². The van der Waals surface area contributed by atoms with Gasteiger partial charge in [-0.15, -0.1) is 0 Å². The fourth-order valence-corrected chi connectivity index (χ4v) is 4.28. The molecule has 0 radical (unpaired) electrons. The van der Waals surface area contributed by atoms with E-state index < -0.39 is 5.91 Å². The summed E-state index contributed by atoms with van der Waals surface area (Å²) < 4.78 is 20.2. The third kappa shape index (κ3) is 5.56. The van der Waals surface area contributed by atoms with Gasteiger partial charge in [0.15, 0.2) is 6.61 Å². The second kappa shape index (κ2) is 9.69. The number of hydrogen-bond acceptors (Lipinski definition) is 4. The van der Waals surface area contributed by atoms with Crippen LogP contribution in [0, 0.1) is 5.82 Å². The van der Waals surface area contributed by atoms with Gasteiger partial charge in [0, 0.05) is 28.4 Å². The molecule has 166 valence electrons. The van der Waals surface area contributed by atoms with Crippen LogP contribution in [0.4, 0.5) is 10.1 Å². The Hall–Kier alpha value is -2.60. The summed E-state index contributed by atoms with van der Waals surface area (Å²) in [5.41, 5.74) is 4.75. The Bertz CT molecular complexity index is 960. The van der Waals surface area contributed by atoms with Crippen molar-refractivity contribution in [2.75, 3.05) is 18.1 Å². The van der Waals surface area contributed by atoms with Gasteiger partial charge in [0.25, 0.3) is 5.91 Å². The van der Waals surface area contributed by atoms with E-state index in [0.717, 1.165) is 30.6 Å². The first-order valence-corrected chi connectivity index (χ1v) is 10.9. The van der Waals surface area contributed by atoms with E-state index in [1.54, 1.807) is 30.3 Å². The minimum atomic E-state index is -0.436. The highest BCUT2D eigenvalue weighted by Crippen LogP contribution is 2.44. The Morgan fingerprint density at radius 2 is 2.06 bits per heavy atom. The third-order valence-corrected chi connectivity index (χ3v) is 5.78. The second-order valence-corrected chi connectivity index (χ2v) is 8.97. The van der Waals surface area contributed by atoms with Crippen LogP contribution < -0.4 is 15.1 Å². The molecule has 2 aromatic carbocycles. The largest absolute Gasteiger partial charge is 0.484 e. The van der Waals surface area contributed by atoms with Crippen molar-refractivity contribution in [3.63, 3.8) is 0 Å². The van der Waals surface area contributed by atoms with Crippen molar-refractivity contribution in [2.24, 2.45) is 5.10 Å². The number of hydrogen-bond donors (Lipinski definition) is 1. The first-order valence-electron chi connectivity index (χ1n) is 10.5. The van der Waals surface area contributed by atoms with Gasteiger partial charge >= 0.3 is 0 Å². The SMILES string of the molecule is CCCN1c2cc(F)c(/C=N\NC(=O)COc3ccc(Cl)cc3)cc2C(C)CC1(C)C. The quantitative estimate of drug-likeness (QED) is 0.451. The van der Waals surface area contributed by atoms with Gasteiger partial charge in [-0.05, 0) is 74.6 Å². The van der Waals surface area contributed by atoms with E-state index >= 15 is 0 Å². The number of hydrazone groups is 1. The Balaban J connectivity index is 1.68. The molecule has 1 unspecified atom stereocenters. The number of anilines is 1. The van der Waals surface area contributed by atoms with Crippen LogP contribution in [0.25, 0.3) is 0 Å². The molecule has 1 N–H and O–H groups in total. The summed E-state index contributed by atoms with van der Waals surface area (Å²) in [5.74, 6) is 0.0278. The van der Waals surface area contributed by atoms with Crippen LogP contribution >= 0.6 is 11.6 Å². The lowest BCUT2D eigenvalue weighted by molar-refractivity contribution is -0.123. The number of carbonyl (C=O) groups excluding carboxylic acids is 1. The summed E-state index contributed by atoms with van der Waals surface area (Å²) in [6.07, 6.45) is 3.32. The molecule has 0 saturated carbocycles. The molecule has 3 rings (SSSR count). The Labute approximate surface area is 188 Å². The molecular formula is C24H29ClFN3O2. The smallest absolute Gasteiger partial charge is 0.277 e. The number of fused-ring (bicyclic) bond motifs is 1. The number of halogens is 2. The standard InChI is InChI=1S/C24H29ClFN3O2/c1-5-10-29-22-12-21(26)17(11-20(22)16(2)13-24(29,3)4)14-27-28-23(30)15-31-19-8-6-18(25)7-9-19/h6-9,11-12,14,16H,5,10,13,15H2,1-4H3,(H,28,30)/b27-14-. The highest BCUT2D eigenvalue weighted by Gasteiger charge is 2.36. The van der Waals surface area contributed by atoms with Crippen LogP contribution in [0.2, 0.25) is 5.02 Å². The molecule has 0 bridgehead atoms. The van der Waals surface area contributed by atoms with Crippen LogP contribution in [0.3, 0.4) is 0 Å². The number of benzene rings is 2. The molecule has 31 heavy (non-hydrogen) atoms. The molecule has 2 aromatic rings. The molecule has 1 heterocycles. The summed E-state index contributed by atoms with van der Waals surface area (Å²) in [6, 6.07) is 10.1. The van der Waals surface area contributed by atoms with Gasteiger partial charge in [-0.3, -0.25) is 4.79 Å². The molecule has 5 nitrogen and oxygen atoms in total. The molecule has 7 heteroatoms. The summed E-state index contributed by atoms with van der Waals surface area (Å²) in [7, 11) is 0. The second-order valence-electron chi connectivity index (χ2n) is 8.54. The normalized spacial score (nSPS) is 17.5. The Morgan fingerprint density at radius 1 is 1.35 bits per heavy atom. The summed E-state index contributed by atoms with van der Waals surface area (Å²) in [4.78, 5) is 14.2. The zero-order valence-corrected chi connectivity index (χ0v) is 19.2. The van der Waals surface area contributed by atoms with E-state index in [1.165, 1.54) is 6.21 Å². The number of rotatable bonds is 7. The number of carbonyl (C=O) groups is 1. The van der Waals surface area contributed by atoms with Crippen LogP contribution in [0.15, 0.2) is 41.5 Å². The number of nitrogens with zero attached hydrogens (tertiary/aromatic N) is 2. The molecule has 0 aromatic heterocycles. The third-order valence-electron chi connectivity index (χ3n) is 5.53.